The Morgan fingerprint density at radius 2 is 1.67 bits per heavy atom. The van der Waals surface area contributed by atoms with Crippen LogP contribution in [0.5, 0.6) is 0 Å². The quantitative estimate of drug-likeness (QED) is 0.604. The van der Waals surface area contributed by atoms with E-state index in [4.69, 9.17) is 4.74 Å². The van der Waals surface area contributed by atoms with Gasteiger partial charge >= 0.3 is 5.69 Å². The van der Waals surface area contributed by atoms with Gasteiger partial charge in [0.05, 0.1) is 28.0 Å². The van der Waals surface area contributed by atoms with Crippen LogP contribution < -0.4 is 11.2 Å². The standard InChI is InChI=1S/C21H40N2O5Si2/c1-19(2,3)29(7,8)16(25)14-13-21(27,30(9,10)20(4,5)6)17(28-14)23-12-11-15(24)22-18(23)26/h11-12,14,16-17,25,27H,13H2,1-10H3,(H,22,24,26)/t14-,16?,17+,21-/m0/s1. The highest BCUT2D eigenvalue weighted by molar-refractivity contribution is 6.83. The maximum atomic E-state index is 12.6. The molecule has 0 radical (unpaired) electrons. The van der Waals surface area contributed by atoms with Crippen molar-refractivity contribution in [2.75, 3.05) is 0 Å². The summed E-state index contributed by atoms with van der Waals surface area (Å²) in [6.45, 7) is 21.1. The van der Waals surface area contributed by atoms with Crippen LogP contribution in [0.4, 0.5) is 0 Å². The molecule has 1 unspecified atom stereocenters. The van der Waals surface area contributed by atoms with Crippen molar-refractivity contribution in [1.29, 1.82) is 0 Å². The van der Waals surface area contributed by atoms with Crippen LogP contribution in [0.3, 0.4) is 0 Å². The predicted octanol–water partition coefficient (Wildman–Crippen LogP) is 3.01. The molecule has 172 valence electrons. The van der Waals surface area contributed by atoms with Gasteiger partial charge in [0.1, 0.15) is 5.22 Å². The molecular formula is C21H40N2O5Si2. The number of aromatic amines is 1. The molecule has 1 aliphatic rings. The van der Waals surface area contributed by atoms with Crippen molar-refractivity contribution in [1.82, 2.24) is 9.55 Å². The third-order valence-corrected chi connectivity index (χ3v) is 20.4. The Balaban J connectivity index is 2.63. The van der Waals surface area contributed by atoms with E-state index in [0.717, 1.165) is 0 Å². The largest absolute Gasteiger partial charge is 0.394 e. The summed E-state index contributed by atoms with van der Waals surface area (Å²) in [4.78, 5) is 26.5. The fraction of sp³-hybridized carbons (Fsp3) is 0.810. The normalized spacial score (nSPS) is 27.3. The predicted molar refractivity (Wildman–Crippen MR) is 125 cm³/mol. The first kappa shape index (κ1) is 25.3. The Kier molecular flexibility index (Phi) is 6.35. The summed E-state index contributed by atoms with van der Waals surface area (Å²) < 4.78 is 7.60. The van der Waals surface area contributed by atoms with Crippen LogP contribution in [0.15, 0.2) is 21.9 Å². The molecule has 9 heteroatoms. The molecule has 2 heterocycles. The van der Waals surface area contributed by atoms with E-state index in [0.29, 0.717) is 0 Å². The minimum absolute atomic E-state index is 0.0717. The van der Waals surface area contributed by atoms with Crippen LogP contribution in [0.25, 0.3) is 0 Å². The first-order chi connectivity index (χ1) is 13.3. The van der Waals surface area contributed by atoms with Crippen LogP contribution >= 0.6 is 0 Å². The van der Waals surface area contributed by atoms with E-state index >= 15 is 0 Å². The number of nitrogens with one attached hydrogen (secondary N) is 1. The van der Waals surface area contributed by atoms with Gasteiger partial charge < -0.3 is 14.9 Å². The molecule has 1 aliphatic heterocycles. The topological polar surface area (TPSA) is 105 Å². The molecule has 0 aromatic carbocycles. The van der Waals surface area contributed by atoms with Crippen molar-refractivity contribution in [3.05, 3.63) is 33.1 Å². The van der Waals surface area contributed by atoms with Gasteiger partial charge in [0.25, 0.3) is 5.56 Å². The van der Waals surface area contributed by atoms with Gasteiger partial charge in [0.2, 0.25) is 0 Å². The number of H-pyrrole nitrogens is 1. The third kappa shape index (κ3) is 3.95. The van der Waals surface area contributed by atoms with E-state index < -0.39 is 50.7 Å². The molecule has 1 aromatic heterocycles. The Morgan fingerprint density at radius 1 is 1.13 bits per heavy atom. The minimum atomic E-state index is -2.49. The molecule has 4 atom stereocenters. The molecule has 1 aromatic rings. The molecule has 0 bridgehead atoms. The highest BCUT2D eigenvalue weighted by Crippen LogP contribution is 2.54. The molecule has 1 fully saturated rings. The van der Waals surface area contributed by atoms with E-state index in [1.807, 2.05) is 0 Å². The molecule has 7 nitrogen and oxygen atoms in total. The van der Waals surface area contributed by atoms with Gasteiger partial charge in [-0.2, -0.15) is 0 Å². The molecule has 0 spiro atoms. The highest BCUT2D eigenvalue weighted by atomic mass is 28.3. The summed E-state index contributed by atoms with van der Waals surface area (Å²) in [5, 5.41) is 22.0. The van der Waals surface area contributed by atoms with E-state index in [2.05, 4.69) is 72.7 Å². The summed E-state index contributed by atoms with van der Waals surface area (Å²) in [6, 6.07) is 1.26. The molecule has 3 N–H and O–H groups in total. The minimum Gasteiger partial charge on any atom is -0.394 e. The van der Waals surface area contributed by atoms with Gasteiger partial charge in [0, 0.05) is 18.7 Å². The zero-order valence-electron chi connectivity index (χ0n) is 20.2. The number of nitrogens with zero attached hydrogens (tertiary/aromatic N) is 1. The highest BCUT2D eigenvalue weighted by Gasteiger charge is 2.64. The average molecular weight is 457 g/mol. The summed E-state index contributed by atoms with van der Waals surface area (Å²) >= 11 is 0. The van der Waals surface area contributed by atoms with Gasteiger partial charge in [-0.1, -0.05) is 67.7 Å². The van der Waals surface area contributed by atoms with Gasteiger partial charge in [-0.25, -0.2) is 4.79 Å². The van der Waals surface area contributed by atoms with Gasteiger partial charge in [0.15, 0.2) is 6.23 Å². The van der Waals surface area contributed by atoms with Gasteiger partial charge in [-0.15, -0.1) is 0 Å². The second-order valence-electron chi connectivity index (χ2n) is 12.0. The van der Waals surface area contributed by atoms with Gasteiger partial charge in [-0.3, -0.25) is 14.3 Å². The number of hydrogen-bond acceptors (Lipinski definition) is 5. The fourth-order valence-electron chi connectivity index (χ4n) is 3.95. The van der Waals surface area contributed by atoms with E-state index in [-0.39, 0.29) is 16.5 Å². The number of aliphatic hydroxyl groups is 2. The molecule has 0 saturated carbocycles. The smallest absolute Gasteiger partial charge is 0.330 e. The first-order valence-electron chi connectivity index (χ1n) is 10.6. The Bertz CT molecular complexity index is 894. The van der Waals surface area contributed by atoms with Crippen LogP contribution in [0.2, 0.25) is 36.3 Å². The maximum absolute atomic E-state index is 12.6. The number of aromatic nitrogens is 2. The lowest BCUT2D eigenvalue weighted by atomic mass is 10.2. The van der Waals surface area contributed by atoms with Crippen LogP contribution in [0, 0.1) is 0 Å². The van der Waals surface area contributed by atoms with E-state index in [1.54, 1.807) is 0 Å². The summed E-state index contributed by atoms with van der Waals surface area (Å²) in [5.41, 5.74) is -1.83. The van der Waals surface area contributed by atoms with E-state index in [9.17, 15) is 19.8 Å². The molecule has 0 amide bonds. The van der Waals surface area contributed by atoms with Crippen molar-refractivity contribution in [2.45, 2.75) is 108 Å². The zero-order valence-corrected chi connectivity index (χ0v) is 22.2. The Morgan fingerprint density at radius 3 is 2.10 bits per heavy atom. The van der Waals surface area contributed by atoms with Gasteiger partial charge in [-0.05, 0) is 10.1 Å². The van der Waals surface area contributed by atoms with Crippen LogP contribution in [0.1, 0.15) is 54.2 Å². The number of rotatable bonds is 4. The van der Waals surface area contributed by atoms with Crippen molar-refractivity contribution in [2.24, 2.45) is 0 Å². The third-order valence-electron chi connectivity index (χ3n) is 8.31. The summed E-state index contributed by atoms with van der Waals surface area (Å²) in [6.07, 6.45) is 0.0827. The van der Waals surface area contributed by atoms with Crippen molar-refractivity contribution in [3.63, 3.8) is 0 Å². The van der Waals surface area contributed by atoms with Crippen molar-refractivity contribution in [3.8, 4) is 0 Å². The lowest BCUT2D eigenvalue weighted by Crippen LogP contribution is -2.63. The fourth-order valence-corrected chi connectivity index (χ4v) is 8.80. The lowest BCUT2D eigenvalue weighted by molar-refractivity contribution is -0.0782. The zero-order chi connectivity index (χ0) is 23.5. The SMILES string of the molecule is CC(C)(C)[Si](C)(C)C(O)[C@@H]1C[C@](O)([Si](C)(C)C(C)(C)C)[C@H](n2ccc(=O)[nH]c2=O)O1. The monoisotopic (exact) mass is 456 g/mol. The molecule has 0 aliphatic carbocycles. The summed E-state index contributed by atoms with van der Waals surface area (Å²) in [5.74, 6) is 0. The summed E-state index contributed by atoms with van der Waals surface area (Å²) in [7, 11) is -4.69. The van der Waals surface area contributed by atoms with Crippen molar-refractivity contribution >= 4 is 16.1 Å². The number of ether oxygens (including phenoxy) is 1. The second kappa shape index (κ2) is 7.55. The van der Waals surface area contributed by atoms with Crippen LogP contribution in [-0.2, 0) is 4.74 Å². The number of aliphatic hydroxyl groups excluding tert-OH is 1. The van der Waals surface area contributed by atoms with E-state index in [1.165, 1.54) is 16.8 Å². The molecule has 2 rings (SSSR count). The maximum Gasteiger partial charge on any atom is 0.330 e. The average Bonchev–Trinajstić information content (AvgIpc) is 2.91. The molecule has 1 saturated heterocycles. The lowest BCUT2D eigenvalue weighted by Gasteiger charge is -2.49. The molecular weight excluding hydrogens is 416 g/mol. The Labute approximate surface area is 181 Å². The van der Waals surface area contributed by atoms with Crippen LogP contribution in [-0.4, -0.2) is 53.0 Å². The second-order valence-corrected chi connectivity index (χ2v) is 23.1. The first-order valence-corrected chi connectivity index (χ1v) is 16.7. The number of hydrogen-bond donors (Lipinski definition) is 3. The van der Waals surface area contributed by atoms with Crippen molar-refractivity contribution < 1.29 is 14.9 Å². The Hall–Kier alpha value is -1.01. The molecule has 30 heavy (non-hydrogen) atoms.